The van der Waals surface area contributed by atoms with Crippen molar-refractivity contribution >= 4 is 33.0 Å². The zero-order valence-electron chi connectivity index (χ0n) is 17.5. The fraction of sp³-hybridized carbons (Fsp3) is 0.526. The van der Waals surface area contributed by atoms with E-state index in [-0.39, 0.29) is 6.54 Å². The van der Waals surface area contributed by atoms with Crippen molar-refractivity contribution in [2.45, 2.75) is 32.8 Å². The lowest BCUT2D eigenvalue weighted by atomic mass is 9.96. The first-order valence-corrected chi connectivity index (χ1v) is 11.1. The van der Waals surface area contributed by atoms with Crippen LogP contribution in [0, 0.1) is 5.92 Å². The number of ether oxygens (including phenoxy) is 2. The molecule has 30 heavy (non-hydrogen) atoms. The van der Waals surface area contributed by atoms with Gasteiger partial charge in [0.1, 0.15) is 23.5 Å². The molecule has 0 spiro atoms. The molecule has 3 rings (SSSR count). The zero-order valence-corrected chi connectivity index (χ0v) is 18.3. The Morgan fingerprint density at radius 2 is 2.00 bits per heavy atom. The van der Waals surface area contributed by atoms with Crippen LogP contribution in [0.2, 0.25) is 0 Å². The van der Waals surface area contributed by atoms with Crippen molar-refractivity contribution in [1.29, 1.82) is 0 Å². The minimum Gasteiger partial charge on any atom is -0.497 e. The summed E-state index contributed by atoms with van der Waals surface area (Å²) in [7, 11) is -2.34. The minimum absolute atomic E-state index is 0.221. The van der Waals surface area contributed by atoms with Crippen LogP contribution < -0.4 is 19.1 Å². The number of amides is 1. The molecule has 11 heteroatoms. The monoisotopic (exact) mass is 437 g/mol. The van der Waals surface area contributed by atoms with Crippen LogP contribution in [0.5, 0.6) is 5.75 Å². The van der Waals surface area contributed by atoms with Crippen molar-refractivity contribution < 1.29 is 22.7 Å². The summed E-state index contributed by atoms with van der Waals surface area (Å²) in [6.45, 7) is 6.72. The number of nitrogens with zero attached hydrogens (tertiary/aromatic N) is 3. The molecule has 10 nitrogen and oxygen atoms in total. The van der Waals surface area contributed by atoms with E-state index in [0.717, 1.165) is 35.6 Å². The van der Waals surface area contributed by atoms with Gasteiger partial charge < -0.3 is 14.4 Å². The van der Waals surface area contributed by atoms with E-state index < -0.39 is 21.9 Å². The Bertz CT molecular complexity index is 1020. The summed E-state index contributed by atoms with van der Waals surface area (Å²) in [4.78, 5) is 22.4. The molecule has 1 saturated heterocycles. The van der Waals surface area contributed by atoms with E-state index >= 15 is 0 Å². The van der Waals surface area contributed by atoms with Crippen LogP contribution in [-0.2, 0) is 14.9 Å². The van der Waals surface area contributed by atoms with E-state index in [1.807, 2.05) is 22.9 Å². The number of aromatic nitrogens is 2. The smallest absolute Gasteiger partial charge is 0.422 e. The van der Waals surface area contributed by atoms with Gasteiger partial charge in [-0.25, -0.2) is 19.5 Å². The number of nitrogens with one attached hydrogen (secondary N) is 2. The highest BCUT2D eigenvalue weighted by molar-refractivity contribution is 7.88. The van der Waals surface area contributed by atoms with Gasteiger partial charge in [-0.1, -0.05) is 0 Å². The van der Waals surface area contributed by atoms with Gasteiger partial charge in [0.05, 0.1) is 12.6 Å². The standard InChI is InChI=1S/C19H27N5O5S/c1-19(2,3)29-18(25)23-30(26,27)22-8-7-13-10-24(11-13)17-15-6-5-14(28-4)9-16(15)20-12-21-17/h5-6,9,12-13,22H,7-8,10-11H2,1-4H3,(H,23,25). The predicted molar refractivity (Wildman–Crippen MR) is 113 cm³/mol. The van der Waals surface area contributed by atoms with Crippen molar-refractivity contribution in [2.75, 3.05) is 31.6 Å². The highest BCUT2D eigenvalue weighted by Crippen LogP contribution is 2.31. The molecule has 0 saturated carbocycles. The van der Waals surface area contributed by atoms with E-state index in [2.05, 4.69) is 19.6 Å². The third-order valence-corrected chi connectivity index (χ3v) is 5.56. The largest absolute Gasteiger partial charge is 0.497 e. The SMILES string of the molecule is COc1ccc2c(N3CC(CCNS(=O)(=O)NC(=O)OC(C)(C)C)C3)ncnc2c1. The summed E-state index contributed by atoms with van der Waals surface area (Å²) in [5.41, 5.74) is 0.0365. The summed E-state index contributed by atoms with van der Waals surface area (Å²) in [5, 5.41) is 0.944. The Morgan fingerprint density at radius 3 is 2.67 bits per heavy atom. The fourth-order valence-corrected chi connectivity index (χ4v) is 3.89. The summed E-state index contributed by atoms with van der Waals surface area (Å²) >= 11 is 0. The van der Waals surface area contributed by atoms with Crippen LogP contribution in [0.25, 0.3) is 10.9 Å². The number of methoxy groups -OCH3 is 1. The van der Waals surface area contributed by atoms with E-state index in [4.69, 9.17) is 9.47 Å². The summed E-state index contributed by atoms with van der Waals surface area (Å²) in [6.07, 6.45) is 1.17. The summed E-state index contributed by atoms with van der Waals surface area (Å²) < 4.78 is 38.3. The zero-order chi connectivity index (χ0) is 21.9. The Hall–Kier alpha value is -2.66. The Morgan fingerprint density at radius 1 is 1.27 bits per heavy atom. The van der Waals surface area contributed by atoms with Crippen molar-refractivity contribution in [3.05, 3.63) is 24.5 Å². The average Bonchev–Trinajstić information content (AvgIpc) is 2.60. The van der Waals surface area contributed by atoms with Gasteiger partial charge in [0.2, 0.25) is 0 Å². The van der Waals surface area contributed by atoms with E-state index in [1.54, 1.807) is 27.9 Å². The van der Waals surface area contributed by atoms with Gasteiger partial charge in [0, 0.05) is 31.1 Å². The maximum atomic E-state index is 11.9. The third-order valence-electron chi connectivity index (χ3n) is 4.54. The molecule has 1 aliphatic rings. The van der Waals surface area contributed by atoms with Crippen LogP contribution in [0.1, 0.15) is 27.2 Å². The first-order valence-electron chi connectivity index (χ1n) is 9.60. The predicted octanol–water partition coefficient (Wildman–Crippen LogP) is 1.82. The third kappa shape index (κ3) is 5.70. The second-order valence-corrected chi connectivity index (χ2v) is 9.64. The molecule has 2 N–H and O–H groups in total. The molecule has 0 atom stereocenters. The molecule has 2 heterocycles. The van der Waals surface area contributed by atoms with Crippen LogP contribution >= 0.6 is 0 Å². The normalized spacial score (nSPS) is 15.0. The second kappa shape index (κ2) is 8.60. The lowest BCUT2D eigenvalue weighted by Gasteiger charge is -2.40. The van der Waals surface area contributed by atoms with Crippen LogP contribution in [0.3, 0.4) is 0 Å². The number of anilines is 1. The maximum Gasteiger partial charge on any atom is 0.422 e. The molecule has 164 valence electrons. The molecule has 1 amide bonds. The van der Waals surface area contributed by atoms with Gasteiger partial charge >= 0.3 is 16.3 Å². The van der Waals surface area contributed by atoms with E-state index in [0.29, 0.717) is 12.3 Å². The number of hydrogen-bond donors (Lipinski definition) is 2. The van der Waals surface area contributed by atoms with Crippen LogP contribution in [0.4, 0.5) is 10.6 Å². The molecule has 0 radical (unpaired) electrons. The Kier molecular flexibility index (Phi) is 6.32. The molecule has 0 bridgehead atoms. The lowest BCUT2D eigenvalue weighted by Crippen LogP contribution is -2.49. The molecule has 1 aliphatic heterocycles. The summed E-state index contributed by atoms with van der Waals surface area (Å²) in [5.74, 6) is 1.91. The molecule has 0 unspecified atom stereocenters. The second-order valence-electron chi connectivity index (χ2n) is 8.14. The average molecular weight is 438 g/mol. The number of carbonyl (C=O) groups excluding carboxylic acids is 1. The van der Waals surface area contributed by atoms with Crippen LogP contribution in [0.15, 0.2) is 24.5 Å². The molecule has 2 aromatic rings. The number of benzene rings is 1. The maximum absolute atomic E-state index is 11.9. The number of hydrogen-bond acceptors (Lipinski definition) is 8. The first-order chi connectivity index (χ1) is 14.1. The number of rotatable bonds is 7. The van der Waals surface area contributed by atoms with Crippen LogP contribution in [-0.4, -0.2) is 56.8 Å². The van der Waals surface area contributed by atoms with Gasteiger partial charge in [-0.15, -0.1) is 0 Å². The Labute approximate surface area is 176 Å². The topological polar surface area (TPSA) is 123 Å². The summed E-state index contributed by atoms with van der Waals surface area (Å²) in [6, 6.07) is 5.68. The molecule has 0 aliphatic carbocycles. The van der Waals surface area contributed by atoms with E-state index in [1.165, 1.54) is 6.33 Å². The highest BCUT2D eigenvalue weighted by Gasteiger charge is 2.29. The number of carbonyl (C=O) groups is 1. The Balaban J connectivity index is 1.48. The molecule has 1 aromatic heterocycles. The molecule has 1 aromatic carbocycles. The van der Waals surface area contributed by atoms with Gasteiger partial charge in [-0.2, -0.15) is 13.1 Å². The van der Waals surface area contributed by atoms with Crippen molar-refractivity contribution in [3.63, 3.8) is 0 Å². The van der Waals surface area contributed by atoms with Crippen molar-refractivity contribution in [1.82, 2.24) is 19.4 Å². The first kappa shape index (κ1) is 22.0. The molecule has 1 fully saturated rings. The van der Waals surface area contributed by atoms with Crippen molar-refractivity contribution in [3.8, 4) is 5.75 Å². The van der Waals surface area contributed by atoms with Gasteiger partial charge in [0.25, 0.3) is 0 Å². The van der Waals surface area contributed by atoms with Gasteiger partial charge in [0.15, 0.2) is 0 Å². The van der Waals surface area contributed by atoms with Crippen molar-refractivity contribution in [2.24, 2.45) is 5.92 Å². The highest BCUT2D eigenvalue weighted by atomic mass is 32.2. The molecular formula is C19H27N5O5S. The minimum atomic E-state index is -3.95. The van der Waals surface area contributed by atoms with E-state index in [9.17, 15) is 13.2 Å². The fourth-order valence-electron chi connectivity index (χ4n) is 3.17. The quantitative estimate of drug-likeness (QED) is 0.673. The van der Waals surface area contributed by atoms with Gasteiger partial charge in [-0.05, 0) is 45.2 Å². The number of fused-ring (bicyclic) bond motifs is 1. The lowest BCUT2D eigenvalue weighted by molar-refractivity contribution is 0.0569. The molecular weight excluding hydrogens is 410 g/mol. The van der Waals surface area contributed by atoms with Gasteiger partial charge in [-0.3, -0.25) is 0 Å².